The van der Waals surface area contributed by atoms with Crippen LogP contribution < -0.4 is 5.32 Å². The first-order chi connectivity index (χ1) is 6.33. The number of rotatable bonds is 4. The van der Waals surface area contributed by atoms with Crippen LogP contribution in [0.2, 0.25) is 0 Å². The summed E-state index contributed by atoms with van der Waals surface area (Å²) in [6.45, 7) is 0.605. The summed E-state index contributed by atoms with van der Waals surface area (Å²) in [5.74, 6) is -0.230. The Hall–Kier alpha value is -1.06. The average Bonchev–Trinajstić information content (AvgIpc) is 2.17. The van der Waals surface area contributed by atoms with Gasteiger partial charge in [-0.05, 0) is 12.6 Å². The number of hydrogen-bond donors (Lipinski definition) is 1. The molecule has 0 amide bonds. The lowest BCUT2D eigenvalue weighted by Crippen LogP contribution is -2.20. The monoisotopic (exact) mass is 215 g/mol. The third-order valence-corrected chi connectivity index (χ3v) is 1.56. The van der Waals surface area contributed by atoms with E-state index in [2.05, 4.69) is 5.32 Å². The van der Waals surface area contributed by atoms with E-state index in [9.17, 15) is 4.79 Å². The predicted octanol–water partition coefficient (Wildman–Crippen LogP) is 1.37. The van der Waals surface area contributed by atoms with E-state index in [1.807, 2.05) is 30.3 Å². The quantitative estimate of drug-likeness (QED) is 0.772. The number of halogens is 1. The Labute approximate surface area is 89.9 Å². The second-order valence-corrected chi connectivity index (χ2v) is 2.68. The highest BCUT2D eigenvalue weighted by molar-refractivity contribution is 5.85. The van der Waals surface area contributed by atoms with E-state index in [0.717, 1.165) is 5.56 Å². The molecule has 1 N–H and O–H groups in total. The maximum atomic E-state index is 10.9. The molecule has 0 aromatic heterocycles. The zero-order chi connectivity index (χ0) is 9.52. The number of nitrogens with one attached hydrogen (secondary N) is 1. The van der Waals surface area contributed by atoms with Crippen LogP contribution >= 0.6 is 12.4 Å². The molecule has 0 atom stereocenters. The van der Waals surface area contributed by atoms with Crippen LogP contribution in [0.3, 0.4) is 0 Å². The van der Waals surface area contributed by atoms with E-state index >= 15 is 0 Å². The molecule has 0 aliphatic rings. The molecule has 0 aliphatic carbocycles. The molecule has 0 aliphatic heterocycles. The Kier molecular flexibility index (Phi) is 6.80. The Bertz CT molecular complexity index is 264. The molecule has 0 bridgehead atoms. The zero-order valence-corrected chi connectivity index (χ0v) is 8.84. The van der Waals surface area contributed by atoms with Gasteiger partial charge >= 0.3 is 5.97 Å². The topological polar surface area (TPSA) is 38.3 Å². The van der Waals surface area contributed by atoms with Gasteiger partial charge in [-0.1, -0.05) is 30.3 Å². The predicted molar refractivity (Wildman–Crippen MR) is 57.4 cm³/mol. The first-order valence-corrected chi connectivity index (χ1v) is 4.17. The van der Waals surface area contributed by atoms with Crippen molar-refractivity contribution in [3.63, 3.8) is 0 Å². The highest BCUT2D eigenvalue weighted by Crippen LogP contribution is 1.99. The minimum Gasteiger partial charge on any atom is -0.460 e. The fourth-order valence-corrected chi connectivity index (χ4v) is 0.933. The Morgan fingerprint density at radius 1 is 1.36 bits per heavy atom. The van der Waals surface area contributed by atoms with E-state index in [-0.39, 0.29) is 24.9 Å². The van der Waals surface area contributed by atoms with E-state index in [0.29, 0.717) is 6.61 Å². The van der Waals surface area contributed by atoms with Gasteiger partial charge in [0.2, 0.25) is 0 Å². The summed E-state index contributed by atoms with van der Waals surface area (Å²) in [7, 11) is 1.71. The van der Waals surface area contributed by atoms with Gasteiger partial charge in [0.05, 0.1) is 6.54 Å². The number of carbonyl (C=O) groups excluding carboxylic acids is 1. The van der Waals surface area contributed by atoms with Crippen molar-refractivity contribution in [3.05, 3.63) is 35.9 Å². The minimum atomic E-state index is -0.230. The lowest BCUT2D eigenvalue weighted by Gasteiger charge is -2.03. The highest BCUT2D eigenvalue weighted by atomic mass is 35.5. The molecular weight excluding hydrogens is 202 g/mol. The molecule has 0 spiro atoms. The third-order valence-electron chi connectivity index (χ3n) is 1.56. The van der Waals surface area contributed by atoms with Crippen molar-refractivity contribution in [1.29, 1.82) is 0 Å². The van der Waals surface area contributed by atoms with Gasteiger partial charge in [0.25, 0.3) is 0 Å². The van der Waals surface area contributed by atoms with E-state index < -0.39 is 0 Å². The summed E-state index contributed by atoms with van der Waals surface area (Å²) in [5, 5.41) is 2.73. The number of hydrogen-bond acceptors (Lipinski definition) is 3. The summed E-state index contributed by atoms with van der Waals surface area (Å²) in [5.41, 5.74) is 1.01. The smallest absolute Gasteiger partial charge is 0.320 e. The van der Waals surface area contributed by atoms with E-state index in [1.165, 1.54) is 0 Å². The molecule has 0 radical (unpaired) electrons. The number of carbonyl (C=O) groups is 1. The van der Waals surface area contributed by atoms with E-state index in [1.54, 1.807) is 7.05 Å². The molecule has 0 saturated heterocycles. The lowest BCUT2D eigenvalue weighted by atomic mass is 10.2. The summed E-state index contributed by atoms with van der Waals surface area (Å²) in [6, 6.07) is 9.61. The van der Waals surface area contributed by atoms with Crippen LogP contribution in [0.25, 0.3) is 0 Å². The van der Waals surface area contributed by atoms with Gasteiger partial charge < -0.3 is 10.1 Å². The molecular formula is C10H14ClNO2. The van der Waals surface area contributed by atoms with Crippen LogP contribution in [-0.2, 0) is 16.1 Å². The number of benzene rings is 1. The van der Waals surface area contributed by atoms with Crippen LogP contribution in [0.1, 0.15) is 5.56 Å². The summed E-state index contributed by atoms with van der Waals surface area (Å²) < 4.78 is 4.97. The van der Waals surface area contributed by atoms with Gasteiger partial charge in [-0.2, -0.15) is 0 Å². The van der Waals surface area contributed by atoms with Crippen LogP contribution in [-0.4, -0.2) is 19.6 Å². The van der Waals surface area contributed by atoms with Crippen molar-refractivity contribution < 1.29 is 9.53 Å². The van der Waals surface area contributed by atoms with Gasteiger partial charge in [-0.25, -0.2) is 0 Å². The van der Waals surface area contributed by atoms with Gasteiger partial charge in [-0.15, -0.1) is 12.4 Å². The van der Waals surface area contributed by atoms with Crippen LogP contribution in [0.15, 0.2) is 30.3 Å². The molecule has 0 fully saturated rings. The molecule has 4 heteroatoms. The van der Waals surface area contributed by atoms with Crippen molar-refractivity contribution in [3.8, 4) is 0 Å². The summed E-state index contributed by atoms with van der Waals surface area (Å²) in [6.07, 6.45) is 0. The lowest BCUT2D eigenvalue weighted by molar-refractivity contribution is -0.143. The van der Waals surface area contributed by atoms with Gasteiger partial charge in [0.1, 0.15) is 6.61 Å². The normalized spacial score (nSPS) is 8.93. The molecule has 0 heterocycles. The molecule has 14 heavy (non-hydrogen) atoms. The largest absolute Gasteiger partial charge is 0.460 e. The van der Waals surface area contributed by atoms with Crippen LogP contribution in [0.5, 0.6) is 0 Å². The van der Waals surface area contributed by atoms with Gasteiger partial charge in [0.15, 0.2) is 0 Å². The van der Waals surface area contributed by atoms with Gasteiger partial charge in [-0.3, -0.25) is 4.79 Å². The van der Waals surface area contributed by atoms with Crippen LogP contribution in [0, 0.1) is 0 Å². The number of likely N-dealkylation sites (N-methyl/N-ethyl adjacent to an activating group) is 1. The molecule has 0 saturated carbocycles. The highest BCUT2D eigenvalue weighted by Gasteiger charge is 1.99. The molecule has 3 nitrogen and oxygen atoms in total. The maximum absolute atomic E-state index is 10.9. The maximum Gasteiger partial charge on any atom is 0.320 e. The minimum absolute atomic E-state index is 0. The molecule has 0 unspecified atom stereocenters. The average molecular weight is 216 g/mol. The molecule has 1 aromatic carbocycles. The fourth-order valence-electron chi connectivity index (χ4n) is 0.933. The molecule has 1 rings (SSSR count). The number of ether oxygens (including phenoxy) is 1. The Morgan fingerprint density at radius 3 is 2.57 bits per heavy atom. The summed E-state index contributed by atoms with van der Waals surface area (Å²) >= 11 is 0. The van der Waals surface area contributed by atoms with Crippen molar-refractivity contribution in [2.45, 2.75) is 6.61 Å². The molecule has 1 aromatic rings. The standard InChI is InChI=1S/C10H13NO2.ClH/c1-11-7-10(12)13-8-9-5-3-2-4-6-9;/h2-6,11H,7-8H2,1H3;1H. The Balaban J connectivity index is 0.00000169. The first-order valence-electron chi connectivity index (χ1n) is 4.17. The van der Waals surface area contributed by atoms with Crippen LogP contribution in [0.4, 0.5) is 0 Å². The summed E-state index contributed by atoms with van der Waals surface area (Å²) in [4.78, 5) is 10.9. The fraction of sp³-hybridized carbons (Fsp3) is 0.300. The second kappa shape index (κ2) is 7.35. The van der Waals surface area contributed by atoms with Crippen molar-refractivity contribution in [2.75, 3.05) is 13.6 Å². The number of esters is 1. The van der Waals surface area contributed by atoms with Crippen molar-refractivity contribution >= 4 is 18.4 Å². The Morgan fingerprint density at radius 2 is 2.00 bits per heavy atom. The zero-order valence-electron chi connectivity index (χ0n) is 8.03. The van der Waals surface area contributed by atoms with E-state index in [4.69, 9.17) is 4.74 Å². The van der Waals surface area contributed by atoms with Crippen molar-refractivity contribution in [2.24, 2.45) is 0 Å². The molecule has 78 valence electrons. The van der Waals surface area contributed by atoms with Gasteiger partial charge in [0, 0.05) is 0 Å². The van der Waals surface area contributed by atoms with Crippen molar-refractivity contribution in [1.82, 2.24) is 5.32 Å². The SMILES string of the molecule is CNCC(=O)OCc1ccccc1.Cl. The second-order valence-electron chi connectivity index (χ2n) is 2.68. The first kappa shape index (κ1) is 12.9. The third kappa shape index (κ3) is 4.84.